The smallest absolute Gasteiger partial charge is 0.237 e. The van der Waals surface area contributed by atoms with Gasteiger partial charge in [0.15, 0.2) is 0 Å². The number of carbonyl (C=O) groups is 1. The fourth-order valence-electron chi connectivity index (χ4n) is 4.39. The highest BCUT2D eigenvalue weighted by Gasteiger charge is 2.37. The lowest BCUT2D eigenvalue weighted by atomic mass is 9.85. The van der Waals surface area contributed by atoms with E-state index in [-0.39, 0.29) is 17.8 Å². The monoisotopic (exact) mass is 344 g/mol. The molecule has 3 atom stereocenters. The van der Waals surface area contributed by atoms with Crippen LogP contribution in [-0.4, -0.2) is 34.1 Å². The molecule has 2 heterocycles. The lowest BCUT2D eigenvalue weighted by Gasteiger charge is -2.24. The average Bonchev–Trinajstić information content (AvgIpc) is 3.16. The van der Waals surface area contributed by atoms with Gasteiger partial charge in [0.1, 0.15) is 11.6 Å². The molecule has 3 unspecified atom stereocenters. The molecule has 1 saturated heterocycles. The van der Waals surface area contributed by atoms with Crippen molar-refractivity contribution in [3.05, 3.63) is 29.8 Å². The van der Waals surface area contributed by atoms with Crippen molar-refractivity contribution in [2.45, 2.75) is 50.6 Å². The molecule has 0 spiro atoms. The Bertz CT molecular complexity index is 773. The van der Waals surface area contributed by atoms with E-state index < -0.39 is 0 Å². The number of rotatable bonds is 4. The zero-order chi connectivity index (χ0) is 17.4. The van der Waals surface area contributed by atoms with Crippen molar-refractivity contribution in [1.82, 2.24) is 20.2 Å². The number of hydrogen-bond donors (Lipinski definition) is 2. The summed E-state index contributed by atoms with van der Waals surface area (Å²) in [5.74, 6) is 1.34. The van der Waals surface area contributed by atoms with Gasteiger partial charge in [-0.15, -0.1) is 0 Å². The van der Waals surface area contributed by atoms with E-state index in [0.29, 0.717) is 30.4 Å². The summed E-state index contributed by atoms with van der Waals surface area (Å²) in [4.78, 5) is 16.9. The van der Waals surface area contributed by atoms with Crippen LogP contribution in [0.2, 0.25) is 0 Å². The second-order valence-electron chi connectivity index (χ2n) is 7.37. The molecule has 1 aromatic heterocycles. The topological polar surface area (TPSA) is 59.0 Å². The molecular weight excluding hydrogens is 319 g/mol. The van der Waals surface area contributed by atoms with Crippen LogP contribution >= 0.6 is 0 Å². The highest BCUT2D eigenvalue weighted by Crippen LogP contribution is 2.33. The highest BCUT2D eigenvalue weighted by atomic mass is 19.1. The number of nitrogens with one attached hydrogen (secondary N) is 2. The molecular formula is C19H25FN4O. The molecule has 2 aliphatic rings. The molecule has 25 heavy (non-hydrogen) atoms. The number of imidazole rings is 1. The maximum absolute atomic E-state index is 13.3. The van der Waals surface area contributed by atoms with Crippen LogP contribution in [0.1, 0.15) is 37.9 Å². The van der Waals surface area contributed by atoms with Gasteiger partial charge in [0, 0.05) is 32.1 Å². The predicted molar refractivity (Wildman–Crippen MR) is 94.7 cm³/mol. The molecule has 1 aliphatic heterocycles. The van der Waals surface area contributed by atoms with Gasteiger partial charge in [-0.05, 0) is 37.3 Å². The molecule has 6 heteroatoms. The van der Waals surface area contributed by atoms with Crippen LogP contribution in [0.25, 0.3) is 11.0 Å². The minimum atomic E-state index is -0.278. The van der Waals surface area contributed by atoms with Crippen LogP contribution in [-0.2, 0) is 18.3 Å². The maximum atomic E-state index is 13.3. The third-order valence-electron chi connectivity index (χ3n) is 5.76. The number of aromatic nitrogens is 2. The Morgan fingerprint density at radius 2 is 2.24 bits per heavy atom. The van der Waals surface area contributed by atoms with Gasteiger partial charge in [0.2, 0.25) is 5.91 Å². The Hall–Kier alpha value is -1.95. The van der Waals surface area contributed by atoms with E-state index in [2.05, 4.69) is 15.6 Å². The van der Waals surface area contributed by atoms with E-state index in [1.165, 1.54) is 37.8 Å². The Morgan fingerprint density at radius 1 is 1.40 bits per heavy atom. The van der Waals surface area contributed by atoms with Crippen molar-refractivity contribution >= 4 is 16.9 Å². The van der Waals surface area contributed by atoms with Gasteiger partial charge in [-0.25, -0.2) is 9.37 Å². The van der Waals surface area contributed by atoms with E-state index in [1.54, 1.807) is 6.07 Å². The van der Waals surface area contributed by atoms with Crippen molar-refractivity contribution in [3.63, 3.8) is 0 Å². The number of fused-ring (bicyclic) bond motifs is 2. The molecule has 0 radical (unpaired) electrons. The molecule has 2 aromatic rings. The van der Waals surface area contributed by atoms with E-state index >= 15 is 0 Å². The summed E-state index contributed by atoms with van der Waals surface area (Å²) >= 11 is 0. The lowest BCUT2D eigenvalue weighted by Crippen LogP contribution is -2.43. The summed E-state index contributed by atoms with van der Waals surface area (Å²) in [5, 5.41) is 6.54. The number of hydrogen-bond acceptors (Lipinski definition) is 3. The summed E-state index contributed by atoms with van der Waals surface area (Å²) in [7, 11) is 1.92. The summed E-state index contributed by atoms with van der Waals surface area (Å²) in [6.45, 7) is 0.548. The number of amides is 1. The van der Waals surface area contributed by atoms with E-state index in [0.717, 1.165) is 17.8 Å². The van der Waals surface area contributed by atoms with Gasteiger partial charge >= 0.3 is 0 Å². The van der Waals surface area contributed by atoms with Gasteiger partial charge in [0.25, 0.3) is 0 Å². The van der Waals surface area contributed by atoms with Crippen LogP contribution in [0.3, 0.4) is 0 Å². The van der Waals surface area contributed by atoms with Crippen LogP contribution in [0.15, 0.2) is 18.2 Å². The van der Waals surface area contributed by atoms with Crippen molar-refractivity contribution in [3.8, 4) is 0 Å². The average molecular weight is 344 g/mol. The SMILES string of the molecule is Cn1c(CCNC(=O)C2CC3CCCCC3N2)nc2cc(F)ccc21. The Kier molecular flexibility index (Phi) is 4.46. The minimum absolute atomic E-state index is 0.0531. The third-order valence-corrected chi connectivity index (χ3v) is 5.76. The van der Waals surface area contributed by atoms with E-state index in [1.807, 2.05) is 11.6 Å². The number of halogens is 1. The molecule has 1 aliphatic carbocycles. The fourth-order valence-corrected chi connectivity index (χ4v) is 4.39. The van der Waals surface area contributed by atoms with Crippen molar-refractivity contribution < 1.29 is 9.18 Å². The van der Waals surface area contributed by atoms with Gasteiger partial charge in [0.05, 0.1) is 17.1 Å². The van der Waals surface area contributed by atoms with Crippen LogP contribution in [0.4, 0.5) is 4.39 Å². The third kappa shape index (κ3) is 3.27. The molecule has 0 bridgehead atoms. The summed E-state index contributed by atoms with van der Waals surface area (Å²) < 4.78 is 15.3. The van der Waals surface area contributed by atoms with Gasteiger partial charge < -0.3 is 15.2 Å². The Labute approximate surface area is 147 Å². The Balaban J connectivity index is 1.33. The zero-order valence-corrected chi connectivity index (χ0v) is 14.6. The second-order valence-corrected chi connectivity index (χ2v) is 7.37. The van der Waals surface area contributed by atoms with Gasteiger partial charge in [-0.2, -0.15) is 0 Å². The van der Waals surface area contributed by atoms with E-state index in [4.69, 9.17) is 0 Å². The standard InChI is InChI=1S/C19H25FN4O/c1-24-17-7-6-13(20)11-15(17)23-18(24)8-9-21-19(25)16-10-12-4-2-3-5-14(12)22-16/h6-7,11-12,14,16,22H,2-5,8-10H2,1H3,(H,21,25). The first-order valence-electron chi connectivity index (χ1n) is 9.26. The van der Waals surface area contributed by atoms with E-state index in [9.17, 15) is 9.18 Å². The summed E-state index contributed by atoms with van der Waals surface area (Å²) in [6, 6.07) is 5.11. The van der Waals surface area contributed by atoms with Crippen LogP contribution < -0.4 is 10.6 Å². The highest BCUT2D eigenvalue weighted by molar-refractivity contribution is 5.82. The fraction of sp³-hybridized carbons (Fsp3) is 0.579. The van der Waals surface area contributed by atoms with Gasteiger partial charge in [-0.1, -0.05) is 12.8 Å². The molecule has 1 saturated carbocycles. The largest absolute Gasteiger partial charge is 0.354 e. The predicted octanol–water partition coefficient (Wildman–Crippen LogP) is 2.29. The molecule has 1 aromatic carbocycles. The maximum Gasteiger partial charge on any atom is 0.237 e. The number of aryl methyl sites for hydroxylation is 1. The molecule has 2 N–H and O–H groups in total. The number of benzene rings is 1. The minimum Gasteiger partial charge on any atom is -0.354 e. The van der Waals surface area contributed by atoms with Crippen molar-refractivity contribution in [2.75, 3.05) is 6.54 Å². The van der Waals surface area contributed by atoms with Crippen molar-refractivity contribution in [2.24, 2.45) is 13.0 Å². The number of nitrogens with zero attached hydrogens (tertiary/aromatic N) is 2. The second kappa shape index (κ2) is 6.75. The molecule has 5 nitrogen and oxygen atoms in total. The first-order chi connectivity index (χ1) is 12.1. The molecule has 2 fully saturated rings. The van der Waals surface area contributed by atoms with Crippen molar-refractivity contribution in [1.29, 1.82) is 0 Å². The van der Waals surface area contributed by atoms with Crippen LogP contribution in [0, 0.1) is 11.7 Å². The first kappa shape index (κ1) is 16.5. The Morgan fingerprint density at radius 3 is 3.08 bits per heavy atom. The number of carbonyl (C=O) groups excluding carboxylic acids is 1. The summed E-state index contributed by atoms with van der Waals surface area (Å²) in [6.07, 6.45) is 6.61. The first-order valence-corrected chi connectivity index (χ1v) is 9.26. The summed E-state index contributed by atoms with van der Waals surface area (Å²) in [5.41, 5.74) is 1.56. The molecule has 4 rings (SSSR count). The van der Waals surface area contributed by atoms with Crippen LogP contribution in [0.5, 0.6) is 0 Å². The quantitative estimate of drug-likeness (QED) is 0.895. The van der Waals surface area contributed by atoms with Gasteiger partial charge in [-0.3, -0.25) is 4.79 Å². The zero-order valence-electron chi connectivity index (χ0n) is 14.6. The normalized spacial score (nSPS) is 25.9. The lowest BCUT2D eigenvalue weighted by molar-refractivity contribution is -0.122. The molecule has 134 valence electrons. The molecule has 1 amide bonds.